The Hall–Kier alpha value is -2.34. The van der Waals surface area contributed by atoms with Crippen LogP contribution in [0.5, 0.6) is 0 Å². The Kier molecular flexibility index (Phi) is 5.98. The van der Waals surface area contributed by atoms with Crippen LogP contribution in [0.25, 0.3) is 0 Å². The van der Waals surface area contributed by atoms with E-state index in [1.54, 1.807) is 31.0 Å². The highest BCUT2D eigenvalue weighted by atomic mass is 19.1. The standard InChI is InChI=1S/C18H19F3N2O/c1-12-3-4-13(7-16(12)20)9-22-18(24)11-23(2)10-14-5-6-15(19)8-17(14)21/h3-8H,9-11H2,1-2H3,(H,22,24). The fourth-order valence-corrected chi connectivity index (χ4v) is 2.24. The van der Waals surface area contributed by atoms with Crippen LogP contribution >= 0.6 is 0 Å². The maximum Gasteiger partial charge on any atom is 0.234 e. The Morgan fingerprint density at radius 3 is 2.50 bits per heavy atom. The maximum absolute atomic E-state index is 13.6. The highest BCUT2D eigenvalue weighted by molar-refractivity contribution is 5.77. The van der Waals surface area contributed by atoms with Gasteiger partial charge >= 0.3 is 0 Å². The number of likely N-dealkylation sites (N-methyl/N-ethyl adjacent to an activating group) is 1. The molecule has 0 bridgehead atoms. The molecule has 2 aromatic rings. The van der Waals surface area contributed by atoms with E-state index in [2.05, 4.69) is 5.32 Å². The van der Waals surface area contributed by atoms with Gasteiger partial charge in [-0.05, 0) is 37.2 Å². The smallest absolute Gasteiger partial charge is 0.234 e. The Morgan fingerprint density at radius 1 is 1.08 bits per heavy atom. The van der Waals surface area contributed by atoms with Crippen molar-refractivity contribution in [2.45, 2.75) is 20.0 Å². The van der Waals surface area contributed by atoms with Gasteiger partial charge in [0.15, 0.2) is 0 Å². The van der Waals surface area contributed by atoms with Crippen molar-refractivity contribution in [2.24, 2.45) is 0 Å². The van der Waals surface area contributed by atoms with Gasteiger partial charge in [0.05, 0.1) is 6.54 Å². The van der Waals surface area contributed by atoms with Gasteiger partial charge < -0.3 is 5.32 Å². The summed E-state index contributed by atoms with van der Waals surface area (Å²) in [4.78, 5) is 13.5. The summed E-state index contributed by atoms with van der Waals surface area (Å²) < 4.78 is 39.9. The van der Waals surface area contributed by atoms with E-state index in [4.69, 9.17) is 0 Å². The third kappa shape index (κ3) is 5.09. The minimum Gasteiger partial charge on any atom is -0.351 e. The van der Waals surface area contributed by atoms with Gasteiger partial charge in [-0.3, -0.25) is 9.69 Å². The first-order valence-corrected chi connectivity index (χ1v) is 7.49. The molecule has 0 atom stereocenters. The van der Waals surface area contributed by atoms with Crippen molar-refractivity contribution in [1.29, 1.82) is 0 Å². The van der Waals surface area contributed by atoms with Crippen molar-refractivity contribution in [1.82, 2.24) is 10.2 Å². The third-order valence-electron chi connectivity index (χ3n) is 3.59. The molecule has 0 spiro atoms. The van der Waals surface area contributed by atoms with Crippen molar-refractivity contribution in [3.8, 4) is 0 Å². The molecule has 1 amide bonds. The van der Waals surface area contributed by atoms with Crippen molar-refractivity contribution >= 4 is 5.91 Å². The molecular formula is C18H19F3N2O. The minimum atomic E-state index is -0.641. The van der Waals surface area contributed by atoms with Gasteiger partial charge in [0, 0.05) is 24.7 Å². The molecule has 2 rings (SSSR count). The van der Waals surface area contributed by atoms with Crippen molar-refractivity contribution in [2.75, 3.05) is 13.6 Å². The monoisotopic (exact) mass is 336 g/mol. The molecule has 0 aromatic heterocycles. The molecule has 0 aliphatic carbocycles. The number of carbonyl (C=O) groups is 1. The minimum absolute atomic E-state index is 0.0468. The second-order valence-electron chi connectivity index (χ2n) is 5.77. The largest absolute Gasteiger partial charge is 0.351 e. The topological polar surface area (TPSA) is 32.3 Å². The summed E-state index contributed by atoms with van der Waals surface area (Å²) in [7, 11) is 1.66. The summed E-state index contributed by atoms with van der Waals surface area (Å²) >= 11 is 0. The summed E-state index contributed by atoms with van der Waals surface area (Å²) in [6.07, 6.45) is 0. The number of amides is 1. The van der Waals surface area contributed by atoms with Crippen LogP contribution in [0.3, 0.4) is 0 Å². The van der Waals surface area contributed by atoms with Crippen molar-refractivity contribution < 1.29 is 18.0 Å². The number of hydrogen-bond acceptors (Lipinski definition) is 2. The van der Waals surface area contributed by atoms with Crippen molar-refractivity contribution in [3.63, 3.8) is 0 Å². The van der Waals surface area contributed by atoms with E-state index in [0.29, 0.717) is 16.7 Å². The predicted molar refractivity (Wildman–Crippen MR) is 85.7 cm³/mol. The zero-order valence-electron chi connectivity index (χ0n) is 13.6. The van der Waals surface area contributed by atoms with Gasteiger partial charge in [-0.25, -0.2) is 13.2 Å². The summed E-state index contributed by atoms with van der Waals surface area (Å²) in [5.41, 5.74) is 1.53. The van der Waals surface area contributed by atoms with Crippen LogP contribution in [-0.4, -0.2) is 24.4 Å². The Morgan fingerprint density at radius 2 is 1.83 bits per heavy atom. The molecule has 2 aromatic carbocycles. The second-order valence-corrected chi connectivity index (χ2v) is 5.77. The second kappa shape index (κ2) is 7.97. The highest BCUT2D eigenvalue weighted by Crippen LogP contribution is 2.11. The number of hydrogen-bond donors (Lipinski definition) is 1. The first-order chi connectivity index (χ1) is 11.3. The summed E-state index contributed by atoms with van der Waals surface area (Å²) in [5, 5.41) is 2.69. The van der Waals surface area contributed by atoms with E-state index < -0.39 is 11.6 Å². The zero-order valence-corrected chi connectivity index (χ0v) is 13.6. The molecule has 0 saturated carbocycles. The first-order valence-electron chi connectivity index (χ1n) is 7.49. The fraction of sp³-hybridized carbons (Fsp3) is 0.278. The van der Waals surface area contributed by atoms with Gasteiger partial charge in [-0.2, -0.15) is 0 Å². The molecular weight excluding hydrogens is 317 g/mol. The molecule has 24 heavy (non-hydrogen) atoms. The lowest BCUT2D eigenvalue weighted by molar-refractivity contribution is -0.122. The number of halogens is 3. The van der Waals surface area contributed by atoms with Crippen LogP contribution in [0, 0.1) is 24.4 Å². The Labute approximate surface area is 139 Å². The lowest BCUT2D eigenvalue weighted by Crippen LogP contribution is -2.34. The van der Waals surface area contributed by atoms with Crippen LogP contribution in [0.15, 0.2) is 36.4 Å². The van der Waals surface area contributed by atoms with E-state index in [-0.39, 0.29) is 31.4 Å². The average Bonchev–Trinajstić information content (AvgIpc) is 2.51. The maximum atomic E-state index is 13.6. The van der Waals surface area contributed by atoms with Crippen LogP contribution in [-0.2, 0) is 17.9 Å². The van der Waals surface area contributed by atoms with Gasteiger partial charge in [-0.15, -0.1) is 0 Å². The number of carbonyl (C=O) groups excluding carboxylic acids is 1. The summed E-state index contributed by atoms with van der Waals surface area (Å²) in [6, 6.07) is 8.13. The first kappa shape index (κ1) is 18.0. The summed E-state index contributed by atoms with van der Waals surface area (Å²) in [6.45, 7) is 2.11. The molecule has 0 heterocycles. The van der Waals surface area contributed by atoms with E-state index in [9.17, 15) is 18.0 Å². The van der Waals surface area contributed by atoms with Gasteiger partial charge in [0.25, 0.3) is 0 Å². The molecule has 1 N–H and O–H groups in total. The third-order valence-corrected chi connectivity index (χ3v) is 3.59. The molecule has 128 valence electrons. The lowest BCUT2D eigenvalue weighted by Gasteiger charge is -2.17. The van der Waals surface area contributed by atoms with E-state index in [0.717, 1.165) is 6.07 Å². The molecule has 0 saturated heterocycles. The van der Waals surface area contributed by atoms with Crippen LogP contribution in [0.4, 0.5) is 13.2 Å². The molecule has 0 fully saturated rings. The molecule has 0 aliphatic heterocycles. The average molecular weight is 336 g/mol. The van der Waals surface area contributed by atoms with Gasteiger partial charge in [0.1, 0.15) is 17.5 Å². The number of benzene rings is 2. The van der Waals surface area contributed by atoms with Crippen molar-refractivity contribution in [3.05, 3.63) is 70.5 Å². The lowest BCUT2D eigenvalue weighted by atomic mass is 10.1. The Bertz CT molecular complexity index is 734. The van der Waals surface area contributed by atoms with E-state index >= 15 is 0 Å². The SMILES string of the molecule is Cc1ccc(CNC(=O)CN(C)Cc2ccc(F)cc2F)cc1F. The van der Waals surface area contributed by atoms with Crippen LogP contribution in [0.2, 0.25) is 0 Å². The molecule has 0 unspecified atom stereocenters. The molecule has 0 radical (unpaired) electrons. The Balaban J connectivity index is 1.83. The number of nitrogens with zero attached hydrogens (tertiary/aromatic N) is 1. The molecule has 3 nitrogen and oxygen atoms in total. The summed E-state index contributed by atoms with van der Waals surface area (Å²) in [5.74, 6) is -1.86. The van der Waals surface area contributed by atoms with E-state index in [1.165, 1.54) is 18.2 Å². The zero-order chi connectivity index (χ0) is 17.7. The highest BCUT2D eigenvalue weighted by Gasteiger charge is 2.10. The fourth-order valence-electron chi connectivity index (χ4n) is 2.24. The predicted octanol–water partition coefficient (Wildman–Crippen LogP) is 3.16. The number of rotatable bonds is 6. The number of aryl methyl sites for hydroxylation is 1. The van der Waals surface area contributed by atoms with Crippen LogP contribution < -0.4 is 5.32 Å². The molecule has 0 aliphatic rings. The van der Waals surface area contributed by atoms with E-state index in [1.807, 2.05) is 0 Å². The van der Waals surface area contributed by atoms with Crippen LogP contribution in [0.1, 0.15) is 16.7 Å². The molecule has 6 heteroatoms. The normalized spacial score (nSPS) is 10.9. The number of nitrogens with one attached hydrogen (secondary N) is 1. The van der Waals surface area contributed by atoms with Gasteiger partial charge in [0.2, 0.25) is 5.91 Å². The quantitative estimate of drug-likeness (QED) is 0.879. The van der Waals surface area contributed by atoms with Gasteiger partial charge in [-0.1, -0.05) is 18.2 Å².